The third-order valence-electron chi connectivity index (χ3n) is 1.71. The molecule has 0 amide bonds. The molecule has 1 aromatic heterocycles. The van der Waals surface area contributed by atoms with Crippen molar-refractivity contribution in [3.8, 4) is 0 Å². The van der Waals surface area contributed by atoms with E-state index in [0.717, 1.165) is 0 Å². The number of pyridine rings is 1. The minimum atomic E-state index is -2.60. The van der Waals surface area contributed by atoms with Gasteiger partial charge in [0.2, 0.25) is 0 Å². The van der Waals surface area contributed by atoms with Crippen molar-refractivity contribution >= 4 is 23.2 Å². The first-order valence-electron chi connectivity index (χ1n) is 3.56. The molecule has 0 bridgehead atoms. The molecule has 13 heavy (non-hydrogen) atoms. The lowest BCUT2D eigenvalue weighted by Crippen LogP contribution is -1.97. The smallest absolute Gasteiger partial charge is 0.255 e. The van der Waals surface area contributed by atoms with Crippen molar-refractivity contribution in [3.05, 3.63) is 28.0 Å². The van der Waals surface area contributed by atoms with Crippen LogP contribution in [0.5, 0.6) is 0 Å². The second-order valence-electron chi connectivity index (χ2n) is 2.54. The van der Waals surface area contributed by atoms with Gasteiger partial charge in [0, 0.05) is 11.8 Å². The van der Waals surface area contributed by atoms with E-state index < -0.39 is 6.43 Å². The molecule has 72 valence electrons. The average Bonchev–Trinajstić information content (AvgIpc) is 2.09. The standard InChI is InChI=1S/C8H7Cl2F2N/c1-4-6(10)5(2-9)3-13-7(4)8(11)12/h3,8H,2H2,1H3. The molecule has 0 aliphatic rings. The molecule has 0 aliphatic heterocycles. The summed E-state index contributed by atoms with van der Waals surface area (Å²) in [7, 11) is 0. The first-order chi connectivity index (χ1) is 6.07. The van der Waals surface area contributed by atoms with Crippen LogP contribution in [0.4, 0.5) is 8.78 Å². The zero-order valence-corrected chi connectivity index (χ0v) is 8.33. The fourth-order valence-corrected chi connectivity index (χ4v) is 1.45. The fourth-order valence-electron chi connectivity index (χ4n) is 0.967. The van der Waals surface area contributed by atoms with Crippen molar-refractivity contribution in [1.29, 1.82) is 0 Å². The average molecular weight is 226 g/mol. The summed E-state index contributed by atoms with van der Waals surface area (Å²) in [4.78, 5) is 3.59. The molecule has 0 unspecified atom stereocenters. The topological polar surface area (TPSA) is 12.9 Å². The monoisotopic (exact) mass is 225 g/mol. The van der Waals surface area contributed by atoms with Crippen molar-refractivity contribution in [2.24, 2.45) is 0 Å². The van der Waals surface area contributed by atoms with Gasteiger partial charge in [-0.05, 0) is 12.5 Å². The highest BCUT2D eigenvalue weighted by Crippen LogP contribution is 2.28. The maximum atomic E-state index is 12.3. The number of hydrogen-bond donors (Lipinski definition) is 0. The molecule has 1 rings (SSSR count). The van der Waals surface area contributed by atoms with E-state index in [1.54, 1.807) is 0 Å². The first kappa shape index (κ1) is 10.7. The molecule has 1 nitrogen and oxygen atoms in total. The van der Waals surface area contributed by atoms with E-state index in [0.29, 0.717) is 11.1 Å². The van der Waals surface area contributed by atoms with Crippen LogP contribution in [-0.4, -0.2) is 4.98 Å². The predicted molar refractivity (Wildman–Crippen MR) is 48.5 cm³/mol. The van der Waals surface area contributed by atoms with E-state index in [9.17, 15) is 8.78 Å². The van der Waals surface area contributed by atoms with Gasteiger partial charge >= 0.3 is 0 Å². The van der Waals surface area contributed by atoms with Crippen LogP contribution < -0.4 is 0 Å². The summed E-state index contributed by atoms with van der Waals surface area (Å²) in [6, 6.07) is 0. The molecule has 0 aromatic carbocycles. The van der Waals surface area contributed by atoms with E-state index in [4.69, 9.17) is 23.2 Å². The number of hydrogen-bond acceptors (Lipinski definition) is 1. The number of rotatable bonds is 2. The number of alkyl halides is 3. The first-order valence-corrected chi connectivity index (χ1v) is 4.47. The maximum absolute atomic E-state index is 12.3. The van der Waals surface area contributed by atoms with E-state index in [1.807, 2.05) is 0 Å². The third kappa shape index (κ3) is 2.09. The van der Waals surface area contributed by atoms with Crippen LogP contribution in [0.3, 0.4) is 0 Å². The molecular weight excluding hydrogens is 219 g/mol. The second-order valence-corrected chi connectivity index (χ2v) is 3.19. The van der Waals surface area contributed by atoms with Gasteiger partial charge < -0.3 is 0 Å². The Morgan fingerprint density at radius 2 is 2.15 bits per heavy atom. The Bertz CT molecular complexity index is 315. The SMILES string of the molecule is Cc1c(C(F)F)ncc(CCl)c1Cl. The molecule has 1 heterocycles. The summed E-state index contributed by atoms with van der Waals surface area (Å²) in [5.74, 6) is 0.177. The Morgan fingerprint density at radius 3 is 2.62 bits per heavy atom. The van der Waals surface area contributed by atoms with Gasteiger partial charge in [0.15, 0.2) is 0 Å². The van der Waals surface area contributed by atoms with Crippen LogP contribution in [0.1, 0.15) is 23.2 Å². The zero-order chi connectivity index (χ0) is 10.0. The molecule has 0 saturated carbocycles. The maximum Gasteiger partial charge on any atom is 0.280 e. The van der Waals surface area contributed by atoms with Crippen molar-refractivity contribution < 1.29 is 8.78 Å². The predicted octanol–water partition coefficient (Wildman–Crippen LogP) is 3.72. The number of nitrogens with zero attached hydrogens (tertiary/aromatic N) is 1. The molecule has 5 heteroatoms. The summed E-state index contributed by atoms with van der Waals surface area (Å²) in [5, 5.41) is 0.278. The highest BCUT2D eigenvalue weighted by molar-refractivity contribution is 6.33. The quantitative estimate of drug-likeness (QED) is 0.700. The van der Waals surface area contributed by atoms with Crippen LogP contribution in [0.2, 0.25) is 5.02 Å². The highest BCUT2D eigenvalue weighted by atomic mass is 35.5. The largest absolute Gasteiger partial charge is 0.280 e. The molecular formula is C8H7Cl2F2N. The highest BCUT2D eigenvalue weighted by Gasteiger charge is 2.16. The van der Waals surface area contributed by atoms with E-state index >= 15 is 0 Å². The van der Waals surface area contributed by atoms with Gasteiger partial charge in [-0.25, -0.2) is 8.78 Å². The summed E-state index contributed by atoms with van der Waals surface area (Å²) in [6.07, 6.45) is -1.31. The van der Waals surface area contributed by atoms with Gasteiger partial charge in [-0.1, -0.05) is 11.6 Å². The van der Waals surface area contributed by atoms with Gasteiger partial charge in [0.1, 0.15) is 5.69 Å². The van der Waals surface area contributed by atoms with Crippen molar-refractivity contribution in [2.75, 3.05) is 0 Å². The Hall–Kier alpha value is -0.410. The zero-order valence-electron chi connectivity index (χ0n) is 6.82. The Morgan fingerprint density at radius 1 is 1.54 bits per heavy atom. The minimum Gasteiger partial charge on any atom is -0.255 e. The van der Waals surface area contributed by atoms with Gasteiger partial charge in [-0.2, -0.15) is 0 Å². The van der Waals surface area contributed by atoms with Crippen molar-refractivity contribution in [1.82, 2.24) is 4.98 Å². The van der Waals surface area contributed by atoms with Gasteiger partial charge in [-0.3, -0.25) is 4.98 Å². The van der Waals surface area contributed by atoms with Crippen LogP contribution in [-0.2, 0) is 5.88 Å². The summed E-state index contributed by atoms with van der Waals surface area (Å²) in [6.45, 7) is 1.51. The molecule has 0 saturated heterocycles. The Labute approximate surface area is 84.7 Å². The second kappa shape index (κ2) is 4.20. The van der Waals surface area contributed by atoms with E-state index in [1.165, 1.54) is 13.1 Å². The number of aromatic nitrogens is 1. The van der Waals surface area contributed by atoms with E-state index in [-0.39, 0.29) is 16.6 Å². The fraction of sp³-hybridized carbons (Fsp3) is 0.375. The molecule has 0 spiro atoms. The van der Waals surface area contributed by atoms with Crippen LogP contribution >= 0.6 is 23.2 Å². The molecule has 0 aliphatic carbocycles. The lowest BCUT2D eigenvalue weighted by molar-refractivity contribution is 0.145. The Kier molecular flexibility index (Phi) is 3.45. The van der Waals surface area contributed by atoms with Gasteiger partial charge in [0.05, 0.1) is 10.9 Å². The lowest BCUT2D eigenvalue weighted by atomic mass is 10.1. The van der Waals surface area contributed by atoms with Crippen molar-refractivity contribution in [2.45, 2.75) is 19.2 Å². The normalized spacial score (nSPS) is 10.9. The Balaban J connectivity index is 3.23. The minimum absolute atomic E-state index is 0.177. The molecule has 1 aromatic rings. The third-order valence-corrected chi connectivity index (χ3v) is 2.52. The molecule has 0 atom stereocenters. The molecule has 0 N–H and O–H groups in total. The van der Waals surface area contributed by atoms with Crippen LogP contribution in [0.25, 0.3) is 0 Å². The van der Waals surface area contributed by atoms with Gasteiger partial charge in [0.25, 0.3) is 6.43 Å². The summed E-state index contributed by atoms with van der Waals surface area (Å²) >= 11 is 11.3. The van der Waals surface area contributed by atoms with Crippen LogP contribution in [0.15, 0.2) is 6.20 Å². The van der Waals surface area contributed by atoms with Crippen LogP contribution in [0, 0.1) is 6.92 Å². The summed E-state index contributed by atoms with van der Waals surface area (Å²) in [5.41, 5.74) is 0.596. The summed E-state index contributed by atoms with van der Waals surface area (Å²) < 4.78 is 24.6. The lowest BCUT2D eigenvalue weighted by Gasteiger charge is -2.07. The molecule has 0 radical (unpaired) electrons. The van der Waals surface area contributed by atoms with E-state index in [2.05, 4.69) is 4.98 Å². The van der Waals surface area contributed by atoms with Gasteiger partial charge in [-0.15, -0.1) is 11.6 Å². The molecule has 0 fully saturated rings. The number of halogens is 4. The van der Waals surface area contributed by atoms with Crippen molar-refractivity contribution in [3.63, 3.8) is 0 Å².